The van der Waals surface area contributed by atoms with Crippen molar-refractivity contribution in [3.63, 3.8) is 0 Å². The number of aryl methyl sites for hydroxylation is 1. The van der Waals surface area contributed by atoms with Crippen molar-refractivity contribution in [1.29, 1.82) is 0 Å². The Labute approximate surface area is 159 Å². The normalized spacial score (nSPS) is 11.0. The van der Waals surface area contributed by atoms with Crippen LogP contribution in [0.15, 0.2) is 102 Å². The predicted molar refractivity (Wildman–Crippen MR) is 114 cm³/mol. The summed E-state index contributed by atoms with van der Waals surface area (Å²) in [6.07, 6.45) is 4.02. The second-order valence-corrected chi connectivity index (χ2v) is 6.42. The minimum atomic E-state index is 0.929. The molecular weight excluding hydrogens is 330 g/mol. The Bertz CT molecular complexity index is 1030. The number of benzene rings is 3. The van der Waals surface area contributed by atoms with Gasteiger partial charge in [-0.3, -0.25) is 4.99 Å². The highest BCUT2D eigenvalue weighted by molar-refractivity contribution is 5.82. The van der Waals surface area contributed by atoms with Gasteiger partial charge in [0.05, 0.1) is 5.69 Å². The molecule has 1 N–H and O–H groups in total. The molecule has 0 radical (unpaired) electrons. The molecule has 0 aliphatic heterocycles. The van der Waals surface area contributed by atoms with Gasteiger partial charge in [-0.1, -0.05) is 36.4 Å². The number of aliphatic imine (C=N–C) groups is 1. The smallest absolute Gasteiger partial charge is 0.0631 e. The number of hydrogen-bond donors (Lipinski definition) is 1. The van der Waals surface area contributed by atoms with Crippen LogP contribution in [0.25, 0.3) is 5.69 Å². The van der Waals surface area contributed by atoms with Crippen LogP contribution < -0.4 is 5.32 Å². The molecule has 0 amide bonds. The summed E-state index contributed by atoms with van der Waals surface area (Å²) in [5.41, 5.74) is 6.48. The Morgan fingerprint density at radius 2 is 1.41 bits per heavy atom. The molecule has 1 heterocycles. The number of para-hydroxylation sites is 2. The first kappa shape index (κ1) is 16.9. The van der Waals surface area contributed by atoms with Gasteiger partial charge in [-0.05, 0) is 61.5 Å². The van der Waals surface area contributed by atoms with Crippen LogP contribution in [0.4, 0.5) is 17.1 Å². The van der Waals surface area contributed by atoms with Crippen LogP contribution >= 0.6 is 0 Å². The Balaban J connectivity index is 1.47. The van der Waals surface area contributed by atoms with E-state index in [-0.39, 0.29) is 0 Å². The summed E-state index contributed by atoms with van der Waals surface area (Å²) in [6.45, 7) is 2.11. The van der Waals surface area contributed by atoms with E-state index in [0.29, 0.717) is 0 Å². The summed E-state index contributed by atoms with van der Waals surface area (Å²) in [7, 11) is 0. The molecule has 0 aliphatic carbocycles. The van der Waals surface area contributed by atoms with Crippen molar-refractivity contribution in [2.75, 3.05) is 5.32 Å². The number of rotatable bonds is 5. The largest absolute Gasteiger partial charge is 0.356 e. The number of hydrogen-bond acceptors (Lipinski definition) is 2. The zero-order valence-electron chi connectivity index (χ0n) is 15.2. The fourth-order valence-electron chi connectivity index (χ4n) is 3.00. The lowest BCUT2D eigenvalue weighted by Gasteiger charge is -2.05. The molecule has 3 heteroatoms. The molecule has 0 aliphatic rings. The maximum Gasteiger partial charge on any atom is 0.0631 e. The molecule has 0 saturated heterocycles. The van der Waals surface area contributed by atoms with Gasteiger partial charge in [-0.15, -0.1) is 0 Å². The molecule has 27 heavy (non-hydrogen) atoms. The van der Waals surface area contributed by atoms with Gasteiger partial charge in [-0.25, -0.2) is 0 Å². The van der Waals surface area contributed by atoms with Crippen LogP contribution in [0, 0.1) is 6.92 Å². The Morgan fingerprint density at radius 1 is 0.778 bits per heavy atom. The Morgan fingerprint density at radius 3 is 2.11 bits per heavy atom. The quantitative estimate of drug-likeness (QED) is 0.421. The molecule has 1 aromatic heterocycles. The van der Waals surface area contributed by atoms with E-state index in [4.69, 9.17) is 0 Å². The Hall–Kier alpha value is -3.59. The standard InChI is InChI=1S/C24H21N3/c1-19-16-20(18-27(19)24-10-6-3-7-11-24)17-25-21-12-14-23(15-13-21)26-22-8-4-2-5-9-22/h2-18,26H,1H3. The van der Waals surface area contributed by atoms with Gasteiger partial charge in [0.15, 0.2) is 0 Å². The first-order valence-electron chi connectivity index (χ1n) is 8.98. The van der Waals surface area contributed by atoms with E-state index in [2.05, 4.69) is 46.2 Å². The van der Waals surface area contributed by atoms with Crippen LogP contribution in [0.1, 0.15) is 11.3 Å². The fraction of sp³-hybridized carbons (Fsp3) is 0.0417. The van der Waals surface area contributed by atoms with E-state index in [1.807, 2.05) is 79.0 Å². The third-order valence-electron chi connectivity index (χ3n) is 4.36. The van der Waals surface area contributed by atoms with Crippen molar-refractivity contribution >= 4 is 23.3 Å². The molecule has 0 atom stereocenters. The van der Waals surface area contributed by atoms with Crippen molar-refractivity contribution in [3.05, 3.63) is 108 Å². The first-order valence-corrected chi connectivity index (χ1v) is 8.98. The van der Waals surface area contributed by atoms with Gasteiger partial charge >= 0.3 is 0 Å². The van der Waals surface area contributed by atoms with Crippen LogP contribution in [-0.2, 0) is 0 Å². The van der Waals surface area contributed by atoms with E-state index in [9.17, 15) is 0 Å². The Kier molecular flexibility index (Phi) is 4.84. The van der Waals surface area contributed by atoms with Crippen molar-refractivity contribution in [2.45, 2.75) is 6.92 Å². The monoisotopic (exact) mass is 351 g/mol. The highest BCUT2D eigenvalue weighted by atomic mass is 15.0. The van der Waals surface area contributed by atoms with Gasteiger partial charge in [-0.2, -0.15) is 0 Å². The SMILES string of the molecule is Cc1cc(C=Nc2ccc(Nc3ccccc3)cc2)cn1-c1ccccc1. The minimum absolute atomic E-state index is 0.929. The zero-order valence-corrected chi connectivity index (χ0v) is 15.2. The maximum atomic E-state index is 4.61. The summed E-state index contributed by atoms with van der Waals surface area (Å²) >= 11 is 0. The average molecular weight is 351 g/mol. The summed E-state index contributed by atoms with van der Waals surface area (Å²) < 4.78 is 2.17. The van der Waals surface area contributed by atoms with E-state index in [0.717, 1.165) is 28.3 Å². The lowest BCUT2D eigenvalue weighted by molar-refractivity contribution is 1.02. The molecule has 0 spiro atoms. The van der Waals surface area contributed by atoms with Gasteiger partial charge in [0, 0.05) is 40.7 Å². The molecule has 0 bridgehead atoms. The van der Waals surface area contributed by atoms with Gasteiger partial charge in [0.1, 0.15) is 0 Å². The van der Waals surface area contributed by atoms with E-state index >= 15 is 0 Å². The topological polar surface area (TPSA) is 29.3 Å². The summed E-state index contributed by atoms with van der Waals surface area (Å²) in [6, 6.07) is 30.7. The second kappa shape index (κ2) is 7.75. The van der Waals surface area contributed by atoms with Crippen LogP contribution in [0.3, 0.4) is 0 Å². The molecule has 0 saturated carbocycles. The maximum absolute atomic E-state index is 4.61. The van der Waals surface area contributed by atoms with E-state index in [1.54, 1.807) is 0 Å². The molecule has 3 aromatic carbocycles. The van der Waals surface area contributed by atoms with E-state index < -0.39 is 0 Å². The van der Waals surface area contributed by atoms with Crippen LogP contribution in [0.2, 0.25) is 0 Å². The average Bonchev–Trinajstić information content (AvgIpc) is 3.09. The van der Waals surface area contributed by atoms with Crippen LogP contribution in [-0.4, -0.2) is 10.8 Å². The lowest BCUT2D eigenvalue weighted by Crippen LogP contribution is -1.93. The van der Waals surface area contributed by atoms with Gasteiger partial charge < -0.3 is 9.88 Å². The summed E-state index contributed by atoms with van der Waals surface area (Å²) in [5.74, 6) is 0. The molecule has 4 aromatic rings. The van der Waals surface area contributed by atoms with Gasteiger partial charge in [0.25, 0.3) is 0 Å². The molecule has 0 unspecified atom stereocenters. The second-order valence-electron chi connectivity index (χ2n) is 6.42. The first-order chi connectivity index (χ1) is 13.3. The van der Waals surface area contributed by atoms with Crippen molar-refractivity contribution in [2.24, 2.45) is 4.99 Å². The highest BCUT2D eigenvalue weighted by Gasteiger charge is 2.02. The van der Waals surface area contributed by atoms with Crippen molar-refractivity contribution in [1.82, 2.24) is 4.57 Å². The third kappa shape index (κ3) is 4.15. The molecule has 0 fully saturated rings. The lowest BCUT2D eigenvalue weighted by atomic mass is 10.2. The predicted octanol–water partition coefficient (Wildman–Crippen LogP) is 6.28. The molecule has 132 valence electrons. The molecular formula is C24H21N3. The third-order valence-corrected chi connectivity index (χ3v) is 4.36. The number of nitrogens with one attached hydrogen (secondary N) is 1. The minimum Gasteiger partial charge on any atom is -0.356 e. The van der Waals surface area contributed by atoms with Gasteiger partial charge in [0.2, 0.25) is 0 Å². The zero-order chi connectivity index (χ0) is 18.5. The summed E-state index contributed by atoms with van der Waals surface area (Å²) in [5, 5.41) is 3.38. The highest BCUT2D eigenvalue weighted by Crippen LogP contribution is 2.21. The number of anilines is 2. The molecule has 4 rings (SSSR count). The summed E-state index contributed by atoms with van der Waals surface area (Å²) in [4.78, 5) is 4.61. The van der Waals surface area contributed by atoms with Crippen LogP contribution in [0.5, 0.6) is 0 Å². The number of nitrogens with zero attached hydrogens (tertiary/aromatic N) is 2. The van der Waals surface area contributed by atoms with Crippen molar-refractivity contribution in [3.8, 4) is 5.69 Å². The molecule has 3 nitrogen and oxygen atoms in total. The fourth-order valence-corrected chi connectivity index (χ4v) is 3.00. The number of aromatic nitrogens is 1. The van der Waals surface area contributed by atoms with E-state index in [1.165, 1.54) is 5.69 Å². The van der Waals surface area contributed by atoms with Crippen molar-refractivity contribution < 1.29 is 0 Å².